The lowest BCUT2D eigenvalue weighted by molar-refractivity contribution is 0.596. The molecule has 1 heterocycles. The molecule has 7 nitrogen and oxygen atoms in total. The van der Waals surface area contributed by atoms with Crippen molar-refractivity contribution < 1.29 is 8.42 Å². The Morgan fingerprint density at radius 2 is 2.07 bits per heavy atom. The molecule has 0 fully saturated rings. The number of hydrogen-bond acceptors (Lipinski definition) is 6. The van der Waals surface area contributed by atoms with E-state index in [1.165, 1.54) is 0 Å². The summed E-state index contributed by atoms with van der Waals surface area (Å²) in [6.07, 6.45) is 5.76. The first-order chi connectivity index (χ1) is 13.8. The van der Waals surface area contributed by atoms with Crippen LogP contribution in [-0.2, 0) is 16.3 Å². The Morgan fingerprint density at radius 1 is 1.28 bits per heavy atom. The van der Waals surface area contributed by atoms with Crippen LogP contribution < -0.4 is 10.6 Å². The van der Waals surface area contributed by atoms with E-state index in [1.807, 2.05) is 50.3 Å². The molecular weight excluding hydrogens is 386 g/mol. The fourth-order valence-corrected chi connectivity index (χ4v) is 3.33. The first-order valence-electron chi connectivity index (χ1n) is 9.63. The van der Waals surface area contributed by atoms with E-state index < -0.39 is 9.84 Å². The van der Waals surface area contributed by atoms with Crippen LogP contribution >= 0.6 is 0 Å². The van der Waals surface area contributed by atoms with Gasteiger partial charge >= 0.3 is 0 Å². The lowest BCUT2D eigenvalue weighted by Crippen LogP contribution is -2.13. The summed E-state index contributed by atoms with van der Waals surface area (Å²) in [5, 5.41) is 6.16. The van der Waals surface area contributed by atoms with E-state index >= 15 is 0 Å². The van der Waals surface area contributed by atoms with Crippen molar-refractivity contribution in [2.75, 3.05) is 23.9 Å². The Morgan fingerprint density at radius 3 is 2.76 bits per heavy atom. The van der Waals surface area contributed by atoms with E-state index in [0.29, 0.717) is 12.4 Å². The van der Waals surface area contributed by atoms with Gasteiger partial charge in [0.25, 0.3) is 0 Å². The van der Waals surface area contributed by atoms with Crippen LogP contribution in [0.2, 0.25) is 0 Å². The molecule has 0 atom stereocenters. The van der Waals surface area contributed by atoms with Crippen LogP contribution in [0.3, 0.4) is 0 Å². The minimum absolute atomic E-state index is 0.145. The highest BCUT2D eigenvalue weighted by Crippen LogP contribution is 2.17. The van der Waals surface area contributed by atoms with Crippen LogP contribution in [0, 0.1) is 0 Å². The molecule has 0 aliphatic carbocycles. The average molecular weight is 416 g/mol. The molecule has 2 rings (SSSR count). The topological polar surface area (TPSA) is 96.3 Å². The molecule has 1 aromatic carbocycles. The monoisotopic (exact) mass is 415 g/mol. The molecule has 2 aromatic rings. The van der Waals surface area contributed by atoms with Crippen LogP contribution in [0.25, 0.3) is 11.8 Å². The number of sulfone groups is 1. The third kappa shape index (κ3) is 7.65. The second-order valence-electron chi connectivity index (χ2n) is 6.82. The van der Waals surface area contributed by atoms with E-state index in [4.69, 9.17) is 0 Å². The van der Waals surface area contributed by atoms with Crippen LogP contribution in [0.15, 0.2) is 41.5 Å². The van der Waals surface area contributed by atoms with Crippen molar-refractivity contribution in [2.24, 2.45) is 4.99 Å². The summed E-state index contributed by atoms with van der Waals surface area (Å²) in [5.41, 5.74) is 3.45. The fraction of sp³-hybridized carbons (Fsp3) is 0.381. The minimum atomic E-state index is -3.01. The lowest BCUT2D eigenvalue weighted by atomic mass is 10.1. The minimum Gasteiger partial charge on any atom is -0.357 e. The van der Waals surface area contributed by atoms with Gasteiger partial charge in [-0.2, -0.15) is 0 Å². The standard InChI is InChI=1S/C21H29N5O2S/c1-5-29(27,28)12-10-17-7-6-8-18(13-17)20(25-15-24-16(2)3)14-19-9-11-23-21(22-4)26-19/h6-9,11,13-16H,5,10,12H2,1-4H3,(H,24,25)(H,22,23,26). The van der Waals surface area contributed by atoms with Gasteiger partial charge in [0.15, 0.2) is 0 Å². The van der Waals surface area contributed by atoms with Gasteiger partial charge in [-0.15, -0.1) is 0 Å². The summed E-state index contributed by atoms with van der Waals surface area (Å²) in [5.74, 6) is 0.839. The van der Waals surface area contributed by atoms with Gasteiger partial charge in [0.05, 0.1) is 17.8 Å². The number of nitrogens with zero attached hydrogens (tertiary/aromatic N) is 3. The highest BCUT2D eigenvalue weighted by Gasteiger charge is 2.09. The third-order valence-electron chi connectivity index (χ3n) is 4.17. The number of rotatable bonds is 10. The Labute approximate surface area is 173 Å². The number of aliphatic imine (C=N–C) groups is 1. The molecule has 0 aliphatic rings. The van der Waals surface area contributed by atoms with Gasteiger partial charge in [0.1, 0.15) is 9.84 Å². The van der Waals surface area contributed by atoms with Crippen LogP contribution in [0.4, 0.5) is 5.95 Å². The zero-order chi connectivity index (χ0) is 21.3. The van der Waals surface area contributed by atoms with Crippen LogP contribution in [0.5, 0.6) is 0 Å². The second kappa shape index (κ2) is 10.7. The van der Waals surface area contributed by atoms with Crippen molar-refractivity contribution in [1.82, 2.24) is 15.3 Å². The predicted molar refractivity (Wildman–Crippen MR) is 121 cm³/mol. The maximum Gasteiger partial charge on any atom is 0.222 e. The molecule has 0 saturated carbocycles. The number of nitrogens with one attached hydrogen (secondary N) is 2. The molecule has 156 valence electrons. The van der Waals surface area contributed by atoms with Crippen molar-refractivity contribution in [2.45, 2.75) is 33.2 Å². The van der Waals surface area contributed by atoms with Gasteiger partial charge in [0.2, 0.25) is 5.95 Å². The maximum absolute atomic E-state index is 11.8. The summed E-state index contributed by atoms with van der Waals surface area (Å²) in [7, 11) is -1.24. The molecule has 0 bridgehead atoms. The van der Waals surface area contributed by atoms with Gasteiger partial charge < -0.3 is 10.6 Å². The molecule has 0 spiro atoms. The van der Waals surface area contributed by atoms with Gasteiger partial charge in [-0.1, -0.05) is 25.1 Å². The van der Waals surface area contributed by atoms with Crippen molar-refractivity contribution in [3.8, 4) is 0 Å². The van der Waals surface area contributed by atoms with Crippen molar-refractivity contribution in [3.63, 3.8) is 0 Å². The average Bonchev–Trinajstić information content (AvgIpc) is 2.72. The smallest absolute Gasteiger partial charge is 0.222 e. The molecule has 1 aromatic heterocycles. The SMILES string of the molecule is CCS(=O)(=O)CCc1cccc(C(=Cc2ccnc(NC)n2)NC=NC(C)C)c1. The van der Waals surface area contributed by atoms with E-state index in [1.54, 1.807) is 26.5 Å². The van der Waals surface area contributed by atoms with Crippen molar-refractivity contribution in [3.05, 3.63) is 53.3 Å². The normalized spacial score (nSPS) is 12.5. The van der Waals surface area contributed by atoms with E-state index in [-0.39, 0.29) is 17.5 Å². The third-order valence-corrected chi connectivity index (χ3v) is 5.87. The largest absolute Gasteiger partial charge is 0.357 e. The highest BCUT2D eigenvalue weighted by atomic mass is 32.2. The first-order valence-corrected chi connectivity index (χ1v) is 11.5. The van der Waals surface area contributed by atoms with Crippen LogP contribution in [-0.4, -0.2) is 49.3 Å². The zero-order valence-corrected chi connectivity index (χ0v) is 18.2. The van der Waals surface area contributed by atoms with Crippen LogP contribution in [0.1, 0.15) is 37.6 Å². The second-order valence-corrected chi connectivity index (χ2v) is 9.29. The number of aromatic nitrogens is 2. The maximum atomic E-state index is 11.8. The van der Waals surface area contributed by atoms with E-state index in [2.05, 4.69) is 25.6 Å². The Bertz CT molecular complexity index is 969. The van der Waals surface area contributed by atoms with Gasteiger partial charge in [-0.3, -0.25) is 4.99 Å². The van der Waals surface area contributed by atoms with E-state index in [9.17, 15) is 8.42 Å². The molecule has 29 heavy (non-hydrogen) atoms. The number of anilines is 1. The van der Waals surface area contributed by atoms with Gasteiger partial charge in [-0.25, -0.2) is 18.4 Å². The number of benzene rings is 1. The Balaban J connectivity index is 2.35. The number of hydrogen-bond donors (Lipinski definition) is 2. The quantitative estimate of drug-likeness (QED) is 0.457. The highest BCUT2D eigenvalue weighted by molar-refractivity contribution is 7.91. The Kier molecular flexibility index (Phi) is 8.33. The molecule has 0 saturated heterocycles. The number of aryl methyl sites for hydroxylation is 1. The van der Waals surface area contributed by atoms with Gasteiger partial charge in [0, 0.05) is 30.7 Å². The summed E-state index contributed by atoms with van der Waals surface area (Å²) in [6, 6.07) is 9.83. The Hall–Kier alpha value is -2.74. The molecule has 0 amide bonds. The summed E-state index contributed by atoms with van der Waals surface area (Å²) >= 11 is 0. The predicted octanol–water partition coefficient (Wildman–Crippen LogP) is 3.02. The molecule has 2 N–H and O–H groups in total. The molecule has 0 aliphatic heterocycles. The lowest BCUT2D eigenvalue weighted by Gasteiger charge is -2.11. The fourth-order valence-electron chi connectivity index (χ4n) is 2.50. The molecule has 0 unspecified atom stereocenters. The molecular formula is C21H29N5O2S. The molecule has 0 radical (unpaired) electrons. The van der Waals surface area contributed by atoms with E-state index in [0.717, 1.165) is 22.5 Å². The summed E-state index contributed by atoms with van der Waals surface area (Å²) in [4.78, 5) is 12.9. The summed E-state index contributed by atoms with van der Waals surface area (Å²) in [6.45, 7) is 5.67. The van der Waals surface area contributed by atoms with Crippen molar-refractivity contribution in [1.29, 1.82) is 0 Å². The zero-order valence-electron chi connectivity index (χ0n) is 17.4. The first kappa shape index (κ1) is 22.5. The van der Waals surface area contributed by atoms with Crippen molar-refractivity contribution >= 4 is 33.9 Å². The summed E-state index contributed by atoms with van der Waals surface area (Å²) < 4.78 is 23.7. The molecule has 8 heteroatoms. The van der Waals surface area contributed by atoms with Gasteiger partial charge in [-0.05, 0) is 49.6 Å².